The molecule has 0 saturated carbocycles. The van der Waals surface area contributed by atoms with E-state index in [4.69, 9.17) is 16.8 Å². The molecule has 0 aliphatic heterocycles. The zero-order chi connectivity index (χ0) is 7.40. The van der Waals surface area contributed by atoms with Gasteiger partial charge >= 0.3 is 0 Å². The Morgan fingerprint density at radius 1 is 1.60 bits per heavy atom. The van der Waals surface area contributed by atoms with Crippen LogP contribution in [0, 0.1) is 0 Å². The van der Waals surface area contributed by atoms with Crippen LogP contribution in [-0.4, -0.2) is 16.4 Å². The number of hydrogen-bond donors (Lipinski definition) is 1. The summed E-state index contributed by atoms with van der Waals surface area (Å²) in [4.78, 5) is 3.82. The highest BCUT2D eigenvalue weighted by molar-refractivity contribution is 6.29. The van der Waals surface area contributed by atoms with E-state index in [9.17, 15) is 0 Å². The van der Waals surface area contributed by atoms with Crippen molar-refractivity contribution < 1.29 is 5.21 Å². The lowest BCUT2D eigenvalue weighted by molar-refractivity contribution is 0.321. The van der Waals surface area contributed by atoms with Gasteiger partial charge in [0.2, 0.25) is 0 Å². The maximum Gasteiger partial charge on any atom is 0.129 e. The molecule has 0 aliphatic rings. The summed E-state index contributed by atoms with van der Waals surface area (Å²) in [5.41, 5.74) is 0.537. The predicted octanol–water partition coefficient (Wildman–Crippen LogP) is 1.54. The second-order valence-electron chi connectivity index (χ2n) is 1.63. The molecule has 4 heteroatoms. The summed E-state index contributed by atoms with van der Waals surface area (Å²) < 4.78 is 0. The summed E-state index contributed by atoms with van der Waals surface area (Å²) in [7, 11) is 0. The first-order valence-electron chi connectivity index (χ1n) is 2.63. The summed E-state index contributed by atoms with van der Waals surface area (Å²) in [5, 5.41) is 11.3. The summed E-state index contributed by atoms with van der Waals surface area (Å²) in [6.45, 7) is 0. The highest BCUT2D eigenvalue weighted by atomic mass is 35.5. The van der Waals surface area contributed by atoms with Crippen molar-refractivity contribution >= 4 is 17.8 Å². The smallest absolute Gasteiger partial charge is 0.129 e. The molecule has 1 aromatic rings. The number of oxime groups is 1. The van der Waals surface area contributed by atoms with Gasteiger partial charge in [-0.15, -0.1) is 0 Å². The zero-order valence-corrected chi connectivity index (χ0v) is 5.78. The van der Waals surface area contributed by atoms with Crippen LogP contribution in [-0.2, 0) is 0 Å². The molecule has 0 radical (unpaired) electrons. The van der Waals surface area contributed by atoms with E-state index in [1.165, 1.54) is 6.21 Å². The van der Waals surface area contributed by atoms with Crippen molar-refractivity contribution in [3.63, 3.8) is 0 Å². The molecule has 1 rings (SSSR count). The SMILES string of the molecule is ON=Cc1cccc(Cl)n1. The quantitative estimate of drug-likeness (QED) is 0.290. The van der Waals surface area contributed by atoms with Crippen LogP contribution in [0.3, 0.4) is 0 Å². The van der Waals surface area contributed by atoms with Crippen molar-refractivity contribution in [3.8, 4) is 0 Å². The highest BCUT2D eigenvalue weighted by Gasteiger charge is 1.89. The lowest BCUT2D eigenvalue weighted by atomic mass is 10.4. The van der Waals surface area contributed by atoms with E-state index in [0.717, 1.165) is 0 Å². The second-order valence-corrected chi connectivity index (χ2v) is 2.02. The van der Waals surface area contributed by atoms with Crippen LogP contribution in [0.4, 0.5) is 0 Å². The van der Waals surface area contributed by atoms with E-state index in [1.807, 2.05) is 0 Å². The van der Waals surface area contributed by atoms with Gasteiger partial charge in [0.15, 0.2) is 0 Å². The third kappa shape index (κ3) is 1.70. The largest absolute Gasteiger partial charge is 0.411 e. The molecule has 0 aromatic carbocycles. The fraction of sp³-hybridized carbons (Fsp3) is 0. The summed E-state index contributed by atoms with van der Waals surface area (Å²) in [6.07, 6.45) is 1.21. The lowest BCUT2D eigenvalue weighted by Crippen LogP contribution is -1.85. The van der Waals surface area contributed by atoms with Gasteiger partial charge in [-0.2, -0.15) is 0 Å². The van der Waals surface area contributed by atoms with E-state index >= 15 is 0 Å². The van der Waals surface area contributed by atoms with Crippen molar-refractivity contribution in [2.24, 2.45) is 5.16 Å². The van der Waals surface area contributed by atoms with Crippen molar-refractivity contribution in [1.82, 2.24) is 4.98 Å². The number of nitrogens with zero attached hydrogens (tertiary/aromatic N) is 2. The fourth-order valence-corrected chi connectivity index (χ4v) is 0.725. The first-order valence-corrected chi connectivity index (χ1v) is 3.01. The standard InChI is InChI=1S/C6H5ClN2O/c7-6-3-1-2-5(9-6)4-8-10/h1-4,10H. The molecule has 10 heavy (non-hydrogen) atoms. The van der Waals surface area contributed by atoms with E-state index in [0.29, 0.717) is 10.8 Å². The van der Waals surface area contributed by atoms with Crippen LogP contribution < -0.4 is 0 Å². The molecule has 52 valence electrons. The van der Waals surface area contributed by atoms with Crippen LogP contribution in [0.2, 0.25) is 5.15 Å². The maximum atomic E-state index is 8.10. The average Bonchev–Trinajstić information content (AvgIpc) is 1.88. The lowest BCUT2D eigenvalue weighted by Gasteiger charge is -1.89. The Hall–Kier alpha value is -1.09. The zero-order valence-electron chi connectivity index (χ0n) is 5.03. The highest BCUT2D eigenvalue weighted by Crippen LogP contribution is 2.02. The molecule has 0 bridgehead atoms. The number of hydrogen-bond acceptors (Lipinski definition) is 3. The first-order chi connectivity index (χ1) is 4.83. The van der Waals surface area contributed by atoms with E-state index in [-0.39, 0.29) is 0 Å². The van der Waals surface area contributed by atoms with E-state index in [2.05, 4.69) is 10.1 Å². The average molecular weight is 157 g/mol. The van der Waals surface area contributed by atoms with Gasteiger partial charge in [-0.05, 0) is 12.1 Å². The molecule has 1 heterocycles. The molecule has 0 aliphatic carbocycles. The monoisotopic (exact) mass is 156 g/mol. The van der Waals surface area contributed by atoms with Gasteiger partial charge in [0.25, 0.3) is 0 Å². The predicted molar refractivity (Wildman–Crippen MR) is 38.6 cm³/mol. The van der Waals surface area contributed by atoms with Gasteiger partial charge < -0.3 is 5.21 Å². The minimum atomic E-state index is 0.386. The topological polar surface area (TPSA) is 45.5 Å². The molecule has 0 saturated heterocycles. The van der Waals surface area contributed by atoms with Crippen molar-refractivity contribution in [2.75, 3.05) is 0 Å². The number of aromatic nitrogens is 1. The first kappa shape index (κ1) is 7.02. The van der Waals surface area contributed by atoms with Crippen LogP contribution in [0.15, 0.2) is 23.4 Å². The molecule has 0 unspecified atom stereocenters. The normalized spacial score (nSPS) is 10.5. The minimum absolute atomic E-state index is 0.386. The molecular weight excluding hydrogens is 152 g/mol. The van der Waals surface area contributed by atoms with Crippen molar-refractivity contribution in [1.29, 1.82) is 0 Å². The second kappa shape index (κ2) is 3.17. The number of pyridine rings is 1. The molecular formula is C6H5ClN2O. The van der Waals surface area contributed by atoms with Gasteiger partial charge in [-0.25, -0.2) is 4.98 Å². The Kier molecular flexibility index (Phi) is 2.23. The number of rotatable bonds is 1. The minimum Gasteiger partial charge on any atom is -0.411 e. The summed E-state index contributed by atoms with van der Waals surface area (Å²) >= 11 is 5.53. The van der Waals surface area contributed by atoms with Crippen LogP contribution in [0.5, 0.6) is 0 Å². The van der Waals surface area contributed by atoms with Crippen LogP contribution in [0.1, 0.15) is 5.69 Å². The van der Waals surface area contributed by atoms with E-state index in [1.54, 1.807) is 18.2 Å². The third-order valence-corrected chi connectivity index (χ3v) is 1.14. The molecule has 0 atom stereocenters. The number of halogens is 1. The fourth-order valence-electron chi connectivity index (χ4n) is 0.555. The Balaban J connectivity index is 2.95. The molecule has 1 N–H and O–H groups in total. The third-order valence-electron chi connectivity index (χ3n) is 0.927. The Morgan fingerprint density at radius 3 is 3.00 bits per heavy atom. The van der Waals surface area contributed by atoms with Crippen molar-refractivity contribution in [3.05, 3.63) is 29.0 Å². The Labute approximate surface area is 63.0 Å². The van der Waals surface area contributed by atoms with Gasteiger partial charge in [0, 0.05) is 0 Å². The van der Waals surface area contributed by atoms with Crippen LogP contribution in [0.25, 0.3) is 0 Å². The molecule has 1 aromatic heterocycles. The van der Waals surface area contributed by atoms with Crippen LogP contribution >= 0.6 is 11.6 Å². The van der Waals surface area contributed by atoms with E-state index < -0.39 is 0 Å². The summed E-state index contributed by atoms with van der Waals surface area (Å²) in [5.74, 6) is 0. The Bertz CT molecular complexity index is 249. The molecule has 0 amide bonds. The molecule has 3 nitrogen and oxygen atoms in total. The van der Waals surface area contributed by atoms with Gasteiger partial charge in [0.1, 0.15) is 5.15 Å². The maximum absolute atomic E-state index is 8.10. The van der Waals surface area contributed by atoms with Gasteiger partial charge in [0.05, 0.1) is 11.9 Å². The molecule has 0 fully saturated rings. The van der Waals surface area contributed by atoms with Gasteiger partial charge in [-0.3, -0.25) is 0 Å². The van der Waals surface area contributed by atoms with Crippen molar-refractivity contribution in [2.45, 2.75) is 0 Å². The van der Waals surface area contributed by atoms with Gasteiger partial charge in [-0.1, -0.05) is 22.8 Å². The Morgan fingerprint density at radius 2 is 2.40 bits per heavy atom. The molecule has 0 spiro atoms. The summed E-state index contributed by atoms with van der Waals surface area (Å²) in [6, 6.07) is 5.06.